The first-order valence-corrected chi connectivity index (χ1v) is 9.03. The molecule has 0 aliphatic carbocycles. The van der Waals surface area contributed by atoms with Crippen molar-refractivity contribution in [2.45, 2.75) is 32.1 Å². The Balaban J connectivity index is 3.21. The molecule has 0 saturated carbocycles. The maximum Gasteiger partial charge on any atom is 0.255 e. The van der Waals surface area contributed by atoms with E-state index >= 15 is 0 Å². The van der Waals surface area contributed by atoms with Crippen LogP contribution in [0.3, 0.4) is 0 Å². The quantitative estimate of drug-likeness (QED) is 0.772. The Morgan fingerprint density at radius 1 is 1.32 bits per heavy atom. The summed E-state index contributed by atoms with van der Waals surface area (Å²) >= 11 is 0. The number of nitriles is 1. The Morgan fingerprint density at radius 3 is 2.50 bits per heavy atom. The molecule has 0 radical (unpaired) electrons. The van der Waals surface area contributed by atoms with E-state index in [0.717, 1.165) is 0 Å². The maximum absolute atomic E-state index is 12.7. The summed E-state index contributed by atoms with van der Waals surface area (Å²) in [4.78, 5) is 14.2. The lowest BCUT2D eigenvalue weighted by atomic mass is 10.1. The van der Waals surface area contributed by atoms with Crippen LogP contribution in [-0.2, 0) is 9.84 Å². The van der Waals surface area contributed by atoms with E-state index in [0.29, 0.717) is 13.0 Å². The molecule has 22 heavy (non-hydrogen) atoms. The summed E-state index contributed by atoms with van der Waals surface area (Å²) in [7, 11) is -3.47. The number of benzene rings is 1. The zero-order valence-electron chi connectivity index (χ0n) is 13.2. The first kappa shape index (κ1) is 18.2. The number of carbonyl (C=O) groups is 1. The normalized spacial score (nSPS) is 12.5. The predicted molar refractivity (Wildman–Crippen MR) is 85.1 cm³/mol. The largest absolute Gasteiger partial charge is 0.338 e. The lowest BCUT2D eigenvalue weighted by Gasteiger charge is -2.23. The van der Waals surface area contributed by atoms with Gasteiger partial charge in [0.15, 0.2) is 9.84 Å². The smallest absolute Gasteiger partial charge is 0.255 e. The van der Waals surface area contributed by atoms with Crippen LogP contribution >= 0.6 is 0 Å². The first-order chi connectivity index (χ1) is 10.4. The molecule has 0 bridgehead atoms. The number of rotatable bonds is 7. The molecule has 1 rings (SSSR count). The number of sulfone groups is 1. The van der Waals surface area contributed by atoms with Crippen molar-refractivity contribution in [3.8, 4) is 6.07 Å². The fraction of sp³-hybridized carbons (Fsp3) is 0.500. The molecule has 0 aliphatic heterocycles. The van der Waals surface area contributed by atoms with E-state index in [9.17, 15) is 13.2 Å². The number of carbonyl (C=O) groups excluding carboxylic acids is 1. The van der Waals surface area contributed by atoms with Gasteiger partial charge in [0, 0.05) is 13.1 Å². The number of hydrogen-bond acceptors (Lipinski definition) is 4. The van der Waals surface area contributed by atoms with Gasteiger partial charge in [-0.15, -0.1) is 0 Å². The molecular weight excluding hydrogens is 300 g/mol. The van der Waals surface area contributed by atoms with Crippen LogP contribution in [0.4, 0.5) is 0 Å². The monoisotopic (exact) mass is 322 g/mol. The molecule has 1 amide bonds. The molecular formula is C16H22N2O3S. The summed E-state index contributed by atoms with van der Waals surface area (Å²) in [6, 6.07) is 8.36. The molecule has 0 N–H and O–H groups in total. The molecule has 0 aromatic heterocycles. The summed E-state index contributed by atoms with van der Waals surface area (Å²) in [5.74, 6) is -0.638. The van der Waals surface area contributed by atoms with Gasteiger partial charge >= 0.3 is 0 Å². The van der Waals surface area contributed by atoms with Gasteiger partial charge in [-0.05, 0) is 32.4 Å². The molecule has 5 nitrogen and oxygen atoms in total. The van der Waals surface area contributed by atoms with Crippen molar-refractivity contribution < 1.29 is 13.2 Å². The Bertz CT molecular complexity index is 662. The van der Waals surface area contributed by atoms with E-state index in [1.165, 1.54) is 17.0 Å². The predicted octanol–water partition coefficient (Wildman–Crippen LogP) is 2.49. The van der Waals surface area contributed by atoms with Crippen LogP contribution in [0.5, 0.6) is 0 Å². The van der Waals surface area contributed by atoms with E-state index < -0.39 is 9.84 Å². The summed E-state index contributed by atoms with van der Waals surface area (Å²) in [5, 5.41) is 8.90. The summed E-state index contributed by atoms with van der Waals surface area (Å²) in [6.45, 7) is 6.04. The maximum atomic E-state index is 12.7. The van der Waals surface area contributed by atoms with Crippen molar-refractivity contribution in [3.63, 3.8) is 0 Å². The van der Waals surface area contributed by atoms with E-state index in [1.807, 2.05) is 6.92 Å². The highest BCUT2D eigenvalue weighted by molar-refractivity contribution is 7.91. The van der Waals surface area contributed by atoms with Crippen LogP contribution in [-0.4, -0.2) is 38.1 Å². The third-order valence-electron chi connectivity index (χ3n) is 3.31. The van der Waals surface area contributed by atoms with Gasteiger partial charge < -0.3 is 4.90 Å². The van der Waals surface area contributed by atoms with Crippen molar-refractivity contribution in [2.75, 3.05) is 18.8 Å². The minimum Gasteiger partial charge on any atom is -0.338 e. The van der Waals surface area contributed by atoms with Crippen LogP contribution in [0.2, 0.25) is 0 Å². The molecule has 0 heterocycles. The molecule has 1 unspecified atom stereocenters. The molecule has 1 aromatic rings. The van der Waals surface area contributed by atoms with Gasteiger partial charge in [-0.1, -0.05) is 19.1 Å². The standard InChI is InChI=1S/C16H22N2O3S/c1-4-10-22(20,21)15-9-7-6-8-14(15)16(19)18(5-2)12-13(3)11-17/h6-9,13H,4-5,10,12H2,1-3H3. The van der Waals surface area contributed by atoms with Crippen molar-refractivity contribution in [1.29, 1.82) is 5.26 Å². The zero-order chi connectivity index (χ0) is 16.8. The van der Waals surface area contributed by atoms with Crippen molar-refractivity contribution in [3.05, 3.63) is 29.8 Å². The van der Waals surface area contributed by atoms with Crippen LogP contribution in [0.25, 0.3) is 0 Å². The third kappa shape index (κ3) is 4.31. The molecule has 0 saturated heterocycles. The van der Waals surface area contributed by atoms with Crippen LogP contribution < -0.4 is 0 Å². The molecule has 1 atom stereocenters. The molecule has 6 heteroatoms. The second kappa shape index (κ2) is 7.95. The first-order valence-electron chi connectivity index (χ1n) is 7.38. The van der Waals surface area contributed by atoms with Gasteiger partial charge in [0.2, 0.25) is 0 Å². The van der Waals surface area contributed by atoms with E-state index in [-0.39, 0.29) is 34.6 Å². The lowest BCUT2D eigenvalue weighted by molar-refractivity contribution is 0.0749. The molecule has 0 fully saturated rings. The van der Waals surface area contributed by atoms with Gasteiger partial charge in [0.25, 0.3) is 5.91 Å². The Morgan fingerprint density at radius 2 is 1.95 bits per heavy atom. The summed E-state index contributed by atoms with van der Waals surface area (Å²) in [5.41, 5.74) is 0.183. The fourth-order valence-corrected chi connectivity index (χ4v) is 3.72. The van der Waals surface area contributed by atoms with Crippen LogP contribution in [0.15, 0.2) is 29.2 Å². The van der Waals surface area contributed by atoms with Gasteiger partial charge in [0.05, 0.1) is 28.2 Å². The van der Waals surface area contributed by atoms with Crippen molar-refractivity contribution >= 4 is 15.7 Å². The highest BCUT2D eigenvalue weighted by atomic mass is 32.2. The van der Waals surface area contributed by atoms with Gasteiger partial charge in [-0.25, -0.2) is 8.42 Å². The van der Waals surface area contributed by atoms with Crippen LogP contribution in [0, 0.1) is 17.2 Å². The Hall–Kier alpha value is -1.87. The van der Waals surface area contributed by atoms with Crippen LogP contribution in [0.1, 0.15) is 37.6 Å². The highest BCUT2D eigenvalue weighted by Gasteiger charge is 2.24. The Kier molecular flexibility index (Phi) is 6.57. The minimum absolute atomic E-state index is 0.0119. The molecule has 0 spiro atoms. The lowest BCUT2D eigenvalue weighted by Crippen LogP contribution is -2.35. The molecule has 120 valence electrons. The summed E-state index contributed by atoms with van der Waals surface area (Å²) < 4.78 is 24.6. The van der Waals surface area contributed by atoms with E-state index in [1.54, 1.807) is 26.0 Å². The van der Waals surface area contributed by atoms with Gasteiger partial charge in [-0.3, -0.25) is 4.79 Å². The average molecular weight is 322 g/mol. The van der Waals surface area contributed by atoms with E-state index in [2.05, 4.69) is 6.07 Å². The average Bonchev–Trinajstić information content (AvgIpc) is 2.51. The highest BCUT2D eigenvalue weighted by Crippen LogP contribution is 2.20. The molecule has 0 aliphatic rings. The summed E-state index contributed by atoms with van der Waals surface area (Å²) in [6.07, 6.45) is 0.494. The number of nitrogens with zero attached hydrogens (tertiary/aromatic N) is 2. The van der Waals surface area contributed by atoms with Gasteiger partial charge in [0.1, 0.15) is 0 Å². The number of amides is 1. The van der Waals surface area contributed by atoms with E-state index in [4.69, 9.17) is 5.26 Å². The minimum atomic E-state index is -3.47. The second-order valence-corrected chi connectivity index (χ2v) is 7.27. The van der Waals surface area contributed by atoms with Crippen molar-refractivity contribution in [2.24, 2.45) is 5.92 Å². The number of hydrogen-bond donors (Lipinski definition) is 0. The second-order valence-electron chi connectivity index (χ2n) is 5.19. The third-order valence-corrected chi connectivity index (χ3v) is 5.28. The SMILES string of the molecule is CCCS(=O)(=O)c1ccccc1C(=O)N(CC)CC(C)C#N. The topological polar surface area (TPSA) is 78.2 Å². The zero-order valence-corrected chi connectivity index (χ0v) is 14.1. The fourth-order valence-electron chi connectivity index (χ4n) is 2.19. The van der Waals surface area contributed by atoms with Crippen molar-refractivity contribution in [1.82, 2.24) is 4.90 Å². The van der Waals surface area contributed by atoms with Gasteiger partial charge in [-0.2, -0.15) is 5.26 Å². The molecule has 1 aromatic carbocycles. The Labute approximate surface area is 132 Å².